The molecule has 0 spiro atoms. The summed E-state index contributed by atoms with van der Waals surface area (Å²) in [5.74, 6) is 0.521. The van der Waals surface area contributed by atoms with Crippen molar-refractivity contribution < 1.29 is 9.47 Å². The largest absolute Gasteiger partial charge is 0.470 e. The van der Waals surface area contributed by atoms with Gasteiger partial charge in [-0.25, -0.2) is 9.97 Å². The molecule has 1 fully saturated rings. The molecule has 4 rings (SSSR count). The van der Waals surface area contributed by atoms with E-state index in [9.17, 15) is 0 Å². The van der Waals surface area contributed by atoms with Crippen molar-refractivity contribution in [2.24, 2.45) is 0 Å². The molecule has 136 valence electrons. The van der Waals surface area contributed by atoms with Crippen LogP contribution < -0.4 is 9.64 Å². The Bertz CT molecular complexity index is 880. The predicted octanol–water partition coefficient (Wildman–Crippen LogP) is 3.04. The van der Waals surface area contributed by atoms with E-state index in [0.717, 1.165) is 35.5 Å². The van der Waals surface area contributed by atoms with Gasteiger partial charge in [-0.15, -0.1) is 0 Å². The summed E-state index contributed by atoms with van der Waals surface area (Å²) < 4.78 is 11.5. The molecule has 1 aromatic carbocycles. The molecule has 1 aliphatic heterocycles. The van der Waals surface area contributed by atoms with Gasteiger partial charge in [0.15, 0.2) is 5.52 Å². The lowest BCUT2D eigenvalue weighted by molar-refractivity contribution is 0.139. The maximum Gasteiger partial charge on any atom is 0.243 e. The minimum atomic E-state index is 0. The van der Waals surface area contributed by atoms with Crippen LogP contribution in [-0.4, -0.2) is 48.4 Å². The van der Waals surface area contributed by atoms with Crippen LogP contribution in [-0.2, 0) is 4.74 Å². The van der Waals surface area contributed by atoms with E-state index in [0.29, 0.717) is 18.0 Å². The number of pyridine rings is 1. The molecular formula is C19H22N4O2S. The highest BCUT2D eigenvalue weighted by molar-refractivity contribution is 7.59. The fraction of sp³-hybridized carbons (Fsp3) is 0.316. The van der Waals surface area contributed by atoms with Crippen molar-refractivity contribution in [1.29, 1.82) is 0 Å². The van der Waals surface area contributed by atoms with Crippen molar-refractivity contribution >= 4 is 30.2 Å². The van der Waals surface area contributed by atoms with Gasteiger partial charge in [0.1, 0.15) is 6.10 Å². The van der Waals surface area contributed by atoms with E-state index in [1.165, 1.54) is 0 Å². The molecule has 0 N–H and O–H groups in total. The fourth-order valence-corrected chi connectivity index (χ4v) is 2.87. The minimum Gasteiger partial charge on any atom is -0.470 e. The Morgan fingerprint density at radius 1 is 1.12 bits per heavy atom. The zero-order chi connectivity index (χ0) is 17.2. The van der Waals surface area contributed by atoms with Gasteiger partial charge in [0.25, 0.3) is 0 Å². The zero-order valence-electron chi connectivity index (χ0n) is 14.8. The second-order valence-electron chi connectivity index (χ2n) is 6.28. The van der Waals surface area contributed by atoms with Gasteiger partial charge in [0, 0.05) is 44.2 Å². The molecule has 2 aromatic heterocycles. The predicted molar refractivity (Wildman–Crippen MR) is 107 cm³/mol. The van der Waals surface area contributed by atoms with E-state index in [4.69, 9.17) is 14.5 Å². The summed E-state index contributed by atoms with van der Waals surface area (Å²) in [5, 5.41) is 0. The lowest BCUT2D eigenvalue weighted by Crippen LogP contribution is -2.17. The van der Waals surface area contributed by atoms with Crippen LogP contribution in [0.1, 0.15) is 6.42 Å². The quantitative estimate of drug-likeness (QED) is 0.703. The number of anilines is 1. The topological polar surface area (TPSA) is 60.4 Å². The van der Waals surface area contributed by atoms with Gasteiger partial charge in [-0.2, -0.15) is 13.5 Å². The SMILES string of the molecule is CN(C)c1ccc(-c2cc3nccnc3c(O[C@H]3CCOC3)n2)cc1.S. The summed E-state index contributed by atoms with van der Waals surface area (Å²) >= 11 is 0. The van der Waals surface area contributed by atoms with Crippen molar-refractivity contribution in [1.82, 2.24) is 15.0 Å². The van der Waals surface area contributed by atoms with Crippen molar-refractivity contribution in [3.05, 3.63) is 42.7 Å². The van der Waals surface area contributed by atoms with Gasteiger partial charge in [-0.1, -0.05) is 12.1 Å². The normalized spacial score (nSPS) is 16.3. The Balaban J connectivity index is 0.00000196. The Labute approximate surface area is 159 Å². The molecule has 0 amide bonds. The zero-order valence-corrected chi connectivity index (χ0v) is 15.8. The summed E-state index contributed by atoms with van der Waals surface area (Å²) in [6.07, 6.45) is 4.23. The number of rotatable bonds is 4. The second-order valence-corrected chi connectivity index (χ2v) is 6.28. The molecule has 0 saturated carbocycles. The lowest BCUT2D eigenvalue weighted by Gasteiger charge is -2.15. The highest BCUT2D eigenvalue weighted by Crippen LogP contribution is 2.29. The van der Waals surface area contributed by atoms with E-state index >= 15 is 0 Å². The maximum absolute atomic E-state index is 6.07. The number of benzene rings is 1. The summed E-state index contributed by atoms with van der Waals surface area (Å²) in [6.45, 7) is 1.31. The molecular weight excluding hydrogens is 348 g/mol. The van der Waals surface area contributed by atoms with Crippen molar-refractivity contribution in [3.63, 3.8) is 0 Å². The third kappa shape index (κ3) is 3.73. The van der Waals surface area contributed by atoms with Gasteiger partial charge in [-0.05, 0) is 18.2 Å². The average molecular weight is 370 g/mol. The van der Waals surface area contributed by atoms with E-state index in [1.807, 2.05) is 20.2 Å². The van der Waals surface area contributed by atoms with Crippen LogP contribution in [0.25, 0.3) is 22.3 Å². The number of hydrogen-bond acceptors (Lipinski definition) is 6. The Morgan fingerprint density at radius 3 is 2.58 bits per heavy atom. The molecule has 1 saturated heterocycles. The van der Waals surface area contributed by atoms with Crippen molar-refractivity contribution in [2.45, 2.75) is 12.5 Å². The molecule has 1 aliphatic rings. The first-order valence-corrected chi connectivity index (χ1v) is 8.34. The van der Waals surface area contributed by atoms with Crippen LogP contribution in [0.5, 0.6) is 5.88 Å². The van der Waals surface area contributed by atoms with Gasteiger partial charge in [0.2, 0.25) is 5.88 Å². The van der Waals surface area contributed by atoms with E-state index < -0.39 is 0 Å². The van der Waals surface area contributed by atoms with Gasteiger partial charge in [-0.3, -0.25) is 4.98 Å². The first kappa shape index (κ1) is 18.4. The molecule has 6 nitrogen and oxygen atoms in total. The van der Waals surface area contributed by atoms with E-state index in [-0.39, 0.29) is 19.6 Å². The summed E-state index contributed by atoms with van der Waals surface area (Å²) in [7, 11) is 4.04. The van der Waals surface area contributed by atoms with E-state index in [2.05, 4.69) is 39.1 Å². The van der Waals surface area contributed by atoms with Crippen LogP contribution in [0.3, 0.4) is 0 Å². The number of ether oxygens (including phenoxy) is 2. The molecule has 7 heteroatoms. The highest BCUT2D eigenvalue weighted by Gasteiger charge is 2.20. The van der Waals surface area contributed by atoms with Crippen LogP contribution in [0.15, 0.2) is 42.7 Å². The molecule has 0 radical (unpaired) electrons. The number of nitrogens with zero attached hydrogens (tertiary/aromatic N) is 4. The number of fused-ring (bicyclic) bond motifs is 1. The Kier molecular flexibility index (Phi) is 5.58. The standard InChI is InChI=1S/C19H20N4O2.H2S/c1-23(2)14-5-3-13(4-6-14)16-11-17-18(21-9-8-20-17)19(22-16)25-15-7-10-24-12-15;/h3-6,8-9,11,15H,7,10,12H2,1-2H3;1H2/t15-;/m0./s1. The van der Waals surface area contributed by atoms with Crippen LogP contribution >= 0.6 is 13.5 Å². The van der Waals surface area contributed by atoms with Gasteiger partial charge < -0.3 is 14.4 Å². The lowest BCUT2D eigenvalue weighted by atomic mass is 10.1. The molecule has 0 unspecified atom stereocenters. The second kappa shape index (κ2) is 7.88. The summed E-state index contributed by atoms with van der Waals surface area (Å²) in [6, 6.07) is 10.2. The van der Waals surface area contributed by atoms with Gasteiger partial charge in [0.05, 0.1) is 24.4 Å². The molecule has 0 aliphatic carbocycles. The van der Waals surface area contributed by atoms with Gasteiger partial charge >= 0.3 is 0 Å². The Morgan fingerprint density at radius 2 is 1.88 bits per heavy atom. The van der Waals surface area contributed by atoms with E-state index in [1.54, 1.807) is 12.4 Å². The number of aromatic nitrogens is 3. The first-order valence-electron chi connectivity index (χ1n) is 8.34. The van der Waals surface area contributed by atoms with Crippen molar-refractivity contribution in [3.8, 4) is 17.1 Å². The molecule has 3 heterocycles. The van der Waals surface area contributed by atoms with Crippen LogP contribution in [0.2, 0.25) is 0 Å². The smallest absolute Gasteiger partial charge is 0.243 e. The summed E-state index contributed by atoms with van der Waals surface area (Å²) in [5.41, 5.74) is 4.45. The monoisotopic (exact) mass is 370 g/mol. The molecule has 0 bridgehead atoms. The summed E-state index contributed by atoms with van der Waals surface area (Å²) in [4.78, 5) is 15.6. The third-order valence-corrected chi connectivity index (χ3v) is 4.27. The first-order chi connectivity index (χ1) is 12.2. The van der Waals surface area contributed by atoms with Crippen molar-refractivity contribution in [2.75, 3.05) is 32.2 Å². The maximum atomic E-state index is 6.07. The average Bonchev–Trinajstić information content (AvgIpc) is 3.15. The third-order valence-electron chi connectivity index (χ3n) is 4.27. The molecule has 1 atom stereocenters. The Hall–Kier alpha value is -2.38. The molecule has 26 heavy (non-hydrogen) atoms. The fourth-order valence-electron chi connectivity index (χ4n) is 2.87. The highest BCUT2D eigenvalue weighted by atomic mass is 32.1. The molecule has 3 aromatic rings. The van der Waals surface area contributed by atoms with Crippen LogP contribution in [0.4, 0.5) is 5.69 Å². The minimum absolute atomic E-state index is 0. The number of hydrogen-bond donors (Lipinski definition) is 0. The van der Waals surface area contributed by atoms with Crippen LogP contribution in [0, 0.1) is 0 Å².